The van der Waals surface area contributed by atoms with Crippen molar-refractivity contribution in [3.63, 3.8) is 0 Å². The van der Waals surface area contributed by atoms with Gasteiger partial charge in [0.1, 0.15) is 5.82 Å². The molecule has 0 aliphatic heterocycles. The van der Waals surface area contributed by atoms with Crippen molar-refractivity contribution in [1.82, 2.24) is 23.1 Å². The van der Waals surface area contributed by atoms with Crippen molar-refractivity contribution in [1.29, 1.82) is 0 Å². The van der Waals surface area contributed by atoms with Crippen molar-refractivity contribution in [3.8, 4) is 5.69 Å². The molecule has 1 aromatic carbocycles. The van der Waals surface area contributed by atoms with Gasteiger partial charge in [-0.05, 0) is 80.5 Å². The fraction of sp³-hybridized carbons (Fsp3) is 0.480. The van der Waals surface area contributed by atoms with Gasteiger partial charge >= 0.3 is 5.69 Å². The molecule has 4 saturated carbocycles. The number of halogens is 1. The number of imidazole rings is 2. The standard InChI is InChI=1S/C25H26FN5O2/c1-28-21-20(22(32)29(2)24(28)33)30-13-19(25-10-14-7-15(11-25)9-16(8-14)12-25)31(23(30)27-21)18-5-3-17(26)4-6-18/h3-6,13-16H,7-12H2,1-2H3. The van der Waals surface area contributed by atoms with Crippen molar-refractivity contribution < 1.29 is 4.39 Å². The third-order valence-electron chi connectivity index (χ3n) is 8.63. The van der Waals surface area contributed by atoms with Crippen LogP contribution in [0.4, 0.5) is 4.39 Å². The molecule has 4 bridgehead atoms. The van der Waals surface area contributed by atoms with Crippen molar-refractivity contribution in [2.24, 2.45) is 31.8 Å². The molecule has 0 spiro atoms. The molecule has 0 radical (unpaired) electrons. The molecule has 0 unspecified atom stereocenters. The molecule has 0 atom stereocenters. The van der Waals surface area contributed by atoms with Gasteiger partial charge in [0.2, 0.25) is 5.78 Å². The van der Waals surface area contributed by atoms with E-state index in [9.17, 15) is 14.0 Å². The number of nitrogens with zero attached hydrogens (tertiary/aromatic N) is 5. The van der Waals surface area contributed by atoms with Crippen LogP contribution >= 0.6 is 0 Å². The number of hydrogen-bond donors (Lipinski definition) is 0. The van der Waals surface area contributed by atoms with Gasteiger partial charge in [-0.2, -0.15) is 4.98 Å². The van der Waals surface area contributed by atoms with E-state index < -0.39 is 5.69 Å². The van der Waals surface area contributed by atoms with E-state index in [1.807, 2.05) is 4.40 Å². The second kappa shape index (κ2) is 6.24. The first-order chi connectivity index (χ1) is 15.8. The first-order valence-electron chi connectivity index (χ1n) is 11.8. The van der Waals surface area contributed by atoms with Crippen molar-refractivity contribution in [2.75, 3.05) is 0 Å². The van der Waals surface area contributed by atoms with E-state index in [1.165, 1.54) is 43.0 Å². The number of rotatable bonds is 2. The van der Waals surface area contributed by atoms with Crippen molar-refractivity contribution >= 4 is 16.9 Å². The van der Waals surface area contributed by atoms with Gasteiger partial charge in [0.25, 0.3) is 5.56 Å². The van der Waals surface area contributed by atoms with Crippen LogP contribution in [0.5, 0.6) is 0 Å². The van der Waals surface area contributed by atoms with E-state index >= 15 is 0 Å². The number of aryl methyl sites for hydroxylation is 1. The minimum Gasteiger partial charge on any atom is -0.282 e. The topological polar surface area (TPSA) is 66.2 Å². The Labute approximate surface area is 189 Å². The lowest BCUT2D eigenvalue weighted by atomic mass is 9.49. The predicted octanol–water partition coefficient (Wildman–Crippen LogP) is 3.28. The fourth-order valence-electron chi connectivity index (χ4n) is 7.61. The van der Waals surface area contributed by atoms with Crippen LogP contribution in [0, 0.1) is 23.6 Å². The molecule has 170 valence electrons. The van der Waals surface area contributed by atoms with Crippen LogP contribution in [0.2, 0.25) is 0 Å². The van der Waals surface area contributed by atoms with Crippen LogP contribution in [0.25, 0.3) is 22.6 Å². The van der Waals surface area contributed by atoms with Crippen LogP contribution < -0.4 is 11.2 Å². The summed E-state index contributed by atoms with van der Waals surface area (Å²) in [5.41, 5.74) is 2.05. The molecule has 4 aromatic rings. The summed E-state index contributed by atoms with van der Waals surface area (Å²) < 4.78 is 20.3. The zero-order chi connectivity index (χ0) is 22.6. The van der Waals surface area contributed by atoms with E-state index in [0.29, 0.717) is 16.9 Å². The van der Waals surface area contributed by atoms with Gasteiger partial charge in [0.05, 0.1) is 0 Å². The van der Waals surface area contributed by atoms with E-state index in [0.717, 1.165) is 53.0 Å². The van der Waals surface area contributed by atoms with Gasteiger partial charge < -0.3 is 0 Å². The summed E-state index contributed by atoms with van der Waals surface area (Å²) in [7, 11) is 3.14. The Bertz CT molecular complexity index is 1530. The summed E-state index contributed by atoms with van der Waals surface area (Å²) in [6.07, 6.45) is 9.54. The molecule has 4 fully saturated rings. The molecule has 33 heavy (non-hydrogen) atoms. The third-order valence-corrected chi connectivity index (χ3v) is 8.63. The van der Waals surface area contributed by atoms with Gasteiger partial charge in [-0.1, -0.05) is 0 Å². The lowest BCUT2D eigenvalue weighted by Crippen LogP contribution is -2.49. The highest BCUT2D eigenvalue weighted by molar-refractivity contribution is 5.76. The van der Waals surface area contributed by atoms with Crippen LogP contribution in [-0.4, -0.2) is 23.1 Å². The van der Waals surface area contributed by atoms with Gasteiger partial charge in [-0.15, -0.1) is 0 Å². The van der Waals surface area contributed by atoms with E-state index in [1.54, 1.807) is 19.2 Å². The number of aromatic nitrogens is 5. The lowest BCUT2D eigenvalue weighted by molar-refractivity contribution is -0.00786. The number of fused-ring (bicyclic) bond motifs is 3. The summed E-state index contributed by atoms with van der Waals surface area (Å²) >= 11 is 0. The highest BCUT2D eigenvalue weighted by Crippen LogP contribution is 2.61. The Kier molecular flexibility index (Phi) is 3.66. The highest BCUT2D eigenvalue weighted by atomic mass is 19.1. The average Bonchev–Trinajstić information content (AvgIpc) is 3.33. The summed E-state index contributed by atoms with van der Waals surface area (Å²) in [5.74, 6) is 2.57. The van der Waals surface area contributed by atoms with Crippen LogP contribution in [0.15, 0.2) is 40.1 Å². The zero-order valence-electron chi connectivity index (χ0n) is 18.8. The minimum atomic E-state index is -0.400. The molecule has 3 aromatic heterocycles. The molecule has 8 rings (SSSR count). The molecule has 4 aliphatic rings. The number of benzene rings is 1. The Balaban J connectivity index is 1.58. The van der Waals surface area contributed by atoms with Gasteiger partial charge in [0, 0.05) is 37.1 Å². The quantitative estimate of drug-likeness (QED) is 0.474. The first-order valence-corrected chi connectivity index (χ1v) is 11.8. The third kappa shape index (κ3) is 2.46. The maximum Gasteiger partial charge on any atom is 0.332 e. The minimum absolute atomic E-state index is 0.0437. The Morgan fingerprint density at radius 2 is 1.55 bits per heavy atom. The highest BCUT2D eigenvalue weighted by Gasteiger charge is 2.53. The molecular formula is C25H26FN5O2. The van der Waals surface area contributed by atoms with Crippen molar-refractivity contribution in [3.05, 3.63) is 62.8 Å². The first kappa shape index (κ1) is 19.3. The molecule has 0 saturated heterocycles. The second-order valence-corrected chi connectivity index (χ2v) is 10.7. The molecule has 0 N–H and O–H groups in total. The average molecular weight is 448 g/mol. The summed E-state index contributed by atoms with van der Waals surface area (Å²) in [6.45, 7) is 0. The van der Waals surface area contributed by atoms with Gasteiger partial charge in [-0.25, -0.2) is 9.18 Å². The van der Waals surface area contributed by atoms with Crippen LogP contribution in [0.1, 0.15) is 44.2 Å². The lowest BCUT2D eigenvalue weighted by Gasteiger charge is -2.56. The monoisotopic (exact) mass is 447 g/mol. The van der Waals surface area contributed by atoms with Crippen LogP contribution in [0.3, 0.4) is 0 Å². The van der Waals surface area contributed by atoms with E-state index in [-0.39, 0.29) is 16.8 Å². The van der Waals surface area contributed by atoms with E-state index in [4.69, 9.17) is 4.98 Å². The summed E-state index contributed by atoms with van der Waals surface area (Å²) in [5, 5.41) is 0. The molecular weight excluding hydrogens is 421 g/mol. The zero-order valence-corrected chi connectivity index (χ0v) is 18.8. The Hall–Kier alpha value is -3.16. The normalized spacial score (nSPS) is 28.4. The smallest absolute Gasteiger partial charge is 0.282 e. The summed E-state index contributed by atoms with van der Waals surface area (Å²) in [4.78, 5) is 30.5. The largest absolute Gasteiger partial charge is 0.332 e. The Morgan fingerprint density at radius 3 is 2.15 bits per heavy atom. The van der Waals surface area contributed by atoms with E-state index in [2.05, 4.69) is 10.8 Å². The van der Waals surface area contributed by atoms with Crippen molar-refractivity contribution in [2.45, 2.75) is 43.9 Å². The van der Waals surface area contributed by atoms with Gasteiger partial charge in [-0.3, -0.25) is 22.9 Å². The SMILES string of the molecule is Cn1c(=O)c2c(nc3n(-c4ccc(F)cc4)c(C45CC6CC(CC(C6)C4)C5)cn23)n(C)c1=O. The molecule has 4 aliphatic carbocycles. The Morgan fingerprint density at radius 1 is 0.939 bits per heavy atom. The van der Waals surface area contributed by atoms with Gasteiger partial charge in [0.15, 0.2) is 11.2 Å². The maximum atomic E-state index is 13.8. The second-order valence-electron chi connectivity index (χ2n) is 10.7. The number of hydrogen-bond acceptors (Lipinski definition) is 3. The molecule has 0 amide bonds. The molecule has 7 nitrogen and oxygen atoms in total. The van der Waals surface area contributed by atoms with Crippen LogP contribution in [-0.2, 0) is 19.5 Å². The predicted molar refractivity (Wildman–Crippen MR) is 122 cm³/mol. The summed E-state index contributed by atoms with van der Waals surface area (Å²) in [6, 6.07) is 6.48. The molecule has 8 heteroatoms. The maximum absolute atomic E-state index is 13.8. The molecule has 3 heterocycles. The fourth-order valence-corrected chi connectivity index (χ4v) is 7.61.